The van der Waals surface area contributed by atoms with Gasteiger partial charge in [-0.3, -0.25) is 9.80 Å². The molecule has 0 spiro atoms. The van der Waals surface area contributed by atoms with Crippen molar-refractivity contribution in [2.75, 3.05) is 26.2 Å². The lowest BCUT2D eigenvalue weighted by atomic mass is 10.1. The Balaban J connectivity index is 1.58. The Hall–Kier alpha value is -0.900. The molecule has 3 atom stereocenters. The predicted molar refractivity (Wildman–Crippen MR) is 88.1 cm³/mol. The molecule has 1 saturated carbocycles. The molecular formula is C18H29N3. The molecule has 1 aromatic rings. The number of nitrogens with two attached hydrogens (primary N) is 1. The van der Waals surface area contributed by atoms with Gasteiger partial charge in [-0.2, -0.15) is 0 Å². The van der Waals surface area contributed by atoms with Crippen molar-refractivity contribution in [2.45, 2.75) is 44.8 Å². The van der Waals surface area contributed by atoms with E-state index in [-0.39, 0.29) is 0 Å². The SMILES string of the molecule is CC1CN(Cc2ccccc2)CCN(C2CCC(N)C2)C1. The highest BCUT2D eigenvalue weighted by atomic mass is 15.2. The van der Waals surface area contributed by atoms with E-state index in [4.69, 9.17) is 5.73 Å². The Morgan fingerprint density at radius 3 is 2.62 bits per heavy atom. The van der Waals surface area contributed by atoms with Crippen molar-refractivity contribution in [1.82, 2.24) is 9.80 Å². The van der Waals surface area contributed by atoms with Crippen molar-refractivity contribution in [2.24, 2.45) is 11.7 Å². The fraction of sp³-hybridized carbons (Fsp3) is 0.667. The van der Waals surface area contributed by atoms with Crippen LogP contribution in [0.5, 0.6) is 0 Å². The molecule has 1 aliphatic heterocycles. The van der Waals surface area contributed by atoms with Crippen LogP contribution >= 0.6 is 0 Å². The fourth-order valence-corrected chi connectivity index (χ4v) is 3.99. The zero-order valence-electron chi connectivity index (χ0n) is 13.2. The van der Waals surface area contributed by atoms with E-state index in [2.05, 4.69) is 47.1 Å². The van der Waals surface area contributed by atoms with E-state index in [0.29, 0.717) is 6.04 Å². The molecule has 0 amide bonds. The van der Waals surface area contributed by atoms with Gasteiger partial charge in [0.25, 0.3) is 0 Å². The number of benzene rings is 1. The van der Waals surface area contributed by atoms with E-state index < -0.39 is 0 Å². The monoisotopic (exact) mass is 287 g/mol. The van der Waals surface area contributed by atoms with Crippen LogP contribution in [0.1, 0.15) is 31.7 Å². The largest absolute Gasteiger partial charge is 0.328 e. The van der Waals surface area contributed by atoms with Gasteiger partial charge in [0.05, 0.1) is 0 Å². The average Bonchev–Trinajstić information content (AvgIpc) is 2.82. The lowest BCUT2D eigenvalue weighted by Crippen LogP contribution is -2.38. The zero-order valence-corrected chi connectivity index (χ0v) is 13.2. The fourth-order valence-electron chi connectivity index (χ4n) is 3.99. The Kier molecular flexibility index (Phi) is 4.94. The Morgan fingerprint density at radius 2 is 1.90 bits per heavy atom. The minimum Gasteiger partial charge on any atom is -0.328 e. The third-order valence-corrected chi connectivity index (χ3v) is 5.03. The summed E-state index contributed by atoms with van der Waals surface area (Å²) >= 11 is 0. The first-order valence-corrected chi connectivity index (χ1v) is 8.46. The van der Waals surface area contributed by atoms with Gasteiger partial charge in [0, 0.05) is 44.8 Å². The van der Waals surface area contributed by atoms with Crippen LogP contribution in [0.15, 0.2) is 30.3 Å². The molecule has 0 aromatic heterocycles. The van der Waals surface area contributed by atoms with Gasteiger partial charge in [0.15, 0.2) is 0 Å². The van der Waals surface area contributed by atoms with E-state index in [1.807, 2.05) is 0 Å². The molecule has 116 valence electrons. The highest BCUT2D eigenvalue weighted by molar-refractivity contribution is 5.14. The summed E-state index contributed by atoms with van der Waals surface area (Å²) in [6, 6.07) is 12.0. The smallest absolute Gasteiger partial charge is 0.0234 e. The number of nitrogens with zero attached hydrogens (tertiary/aromatic N) is 2. The van der Waals surface area contributed by atoms with Crippen LogP contribution in [0.25, 0.3) is 0 Å². The highest BCUT2D eigenvalue weighted by Crippen LogP contribution is 2.25. The maximum atomic E-state index is 6.10. The molecule has 2 fully saturated rings. The van der Waals surface area contributed by atoms with Crippen LogP contribution in [-0.2, 0) is 6.54 Å². The molecule has 0 bridgehead atoms. The lowest BCUT2D eigenvalue weighted by molar-refractivity contribution is 0.189. The Labute approximate surface area is 129 Å². The second-order valence-electron chi connectivity index (χ2n) is 7.05. The van der Waals surface area contributed by atoms with Crippen LogP contribution in [0, 0.1) is 5.92 Å². The van der Waals surface area contributed by atoms with E-state index in [1.54, 1.807) is 0 Å². The maximum Gasteiger partial charge on any atom is 0.0234 e. The van der Waals surface area contributed by atoms with Gasteiger partial charge in [-0.25, -0.2) is 0 Å². The standard InChI is InChI=1S/C18H29N3/c1-15-12-20(14-16-5-3-2-4-6-16)9-10-21(13-15)18-8-7-17(19)11-18/h2-6,15,17-18H,7-14,19H2,1H3. The molecule has 3 nitrogen and oxygen atoms in total. The molecule has 1 aliphatic carbocycles. The maximum absolute atomic E-state index is 6.10. The summed E-state index contributed by atoms with van der Waals surface area (Å²) in [6.07, 6.45) is 3.71. The molecule has 3 heteroatoms. The first-order valence-electron chi connectivity index (χ1n) is 8.46. The summed E-state index contributed by atoms with van der Waals surface area (Å²) in [4.78, 5) is 5.33. The molecular weight excluding hydrogens is 258 g/mol. The van der Waals surface area contributed by atoms with E-state index >= 15 is 0 Å². The van der Waals surface area contributed by atoms with Crippen LogP contribution in [0.4, 0.5) is 0 Å². The van der Waals surface area contributed by atoms with Crippen molar-refractivity contribution in [3.05, 3.63) is 35.9 Å². The summed E-state index contributed by atoms with van der Waals surface area (Å²) in [5, 5.41) is 0. The van der Waals surface area contributed by atoms with Crippen LogP contribution in [-0.4, -0.2) is 48.1 Å². The number of hydrogen-bond donors (Lipinski definition) is 1. The molecule has 1 aromatic carbocycles. The van der Waals surface area contributed by atoms with Gasteiger partial charge in [0.2, 0.25) is 0 Å². The van der Waals surface area contributed by atoms with Crippen molar-refractivity contribution >= 4 is 0 Å². The van der Waals surface area contributed by atoms with Gasteiger partial charge >= 0.3 is 0 Å². The highest BCUT2D eigenvalue weighted by Gasteiger charge is 2.30. The van der Waals surface area contributed by atoms with E-state index in [9.17, 15) is 0 Å². The second kappa shape index (κ2) is 6.91. The molecule has 21 heavy (non-hydrogen) atoms. The molecule has 0 radical (unpaired) electrons. The second-order valence-corrected chi connectivity index (χ2v) is 7.05. The van der Waals surface area contributed by atoms with Gasteiger partial charge in [-0.05, 0) is 30.7 Å². The minimum atomic E-state index is 0.439. The first-order chi connectivity index (χ1) is 10.2. The van der Waals surface area contributed by atoms with E-state index in [0.717, 1.165) is 18.5 Å². The summed E-state index contributed by atoms with van der Waals surface area (Å²) in [5.74, 6) is 0.744. The topological polar surface area (TPSA) is 32.5 Å². The minimum absolute atomic E-state index is 0.439. The predicted octanol–water partition coefficient (Wildman–Crippen LogP) is 2.32. The average molecular weight is 287 g/mol. The van der Waals surface area contributed by atoms with Crippen molar-refractivity contribution in [3.8, 4) is 0 Å². The quantitative estimate of drug-likeness (QED) is 0.926. The van der Waals surface area contributed by atoms with Crippen molar-refractivity contribution < 1.29 is 0 Å². The molecule has 3 rings (SSSR count). The molecule has 3 unspecified atom stereocenters. The van der Waals surface area contributed by atoms with Crippen LogP contribution in [0.3, 0.4) is 0 Å². The van der Waals surface area contributed by atoms with Crippen molar-refractivity contribution in [1.29, 1.82) is 0 Å². The number of rotatable bonds is 3. The number of hydrogen-bond acceptors (Lipinski definition) is 3. The van der Waals surface area contributed by atoms with Gasteiger partial charge in [0.1, 0.15) is 0 Å². The van der Waals surface area contributed by atoms with E-state index in [1.165, 1.54) is 51.0 Å². The molecule has 2 aliphatic rings. The molecule has 1 saturated heterocycles. The Bertz CT molecular complexity index is 433. The van der Waals surface area contributed by atoms with Crippen LogP contribution < -0.4 is 5.73 Å². The zero-order chi connectivity index (χ0) is 14.7. The van der Waals surface area contributed by atoms with Gasteiger partial charge in [-0.1, -0.05) is 37.3 Å². The molecule has 2 N–H and O–H groups in total. The normalized spacial score (nSPS) is 32.2. The van der Waals surface area contributed by atoms with Crippen molar-refractivity contribution in [3.63, 3.8) is 0 Å². The summed E-state index contributed by atoms with van der Waals surface area (Å²) < 4.78 is 0. The summed E-state index contributed by atoms with van der Waals surface area (Å²) in [5.41, 5.74) is 7.53. The van der Waals surface area contributed by atoms with Gasteiger partial charge < -0.3 is 5.73 Å². The van der Waals surface area contributed by atoms with Crippen LogP contribution in [0.2, 0.25) is 0 Å². The Morgan fingerprint density at radius 1 is 1.10 bits per heavy atom. The third-order valence-electron chi connectivity index (χ3n) is 5.03. The first kappa shape index (κ1) is 15.0. The van der Waals surface area contributed by atoms with Gasteiger partial charge in [-0.15, -0.1) is 0 Å². The summed E-state index contributed by atoms with van der Waals surface area (Å²) in [7, 11) is 0. The third kappa shape index (κ3) is 4.06. The summed E-state index contributed by atoms with van der Waals surface area (Å²) in [6.45, 7) is 8.32. The molecule has 1 heterocycles. The lowest BCUT2D eigenvalue weighted by Gasteiger charge is -2.28.